The number of carboxylic acids is 1. The molecule has 3 nitrogen and oxygen atoms in total. The third-order valence-corrected chi connectivity index (χ3v) is 3.04. The Morgan fingerprint density at radius 3 is 1.72 bits per heavy atom. The van der Waals surface area contributed by atoms with E-state index in [0.717, 1.165) is 49.4 Å². The van der Waals surface area contributed by atoms with Crippen LogP contribution in [0.5, 0.6) is 0 Å². The molecule has 0 aromatic heterocycles. The first-order valence-electron chi connectivity index (χ1n) is 9.73. The van der Waals surface area contributed by atoms with Crippen LogP contribution in [0.3, 0.4) is 0 Å². The summed E-state index contributed by atoms with van der Waals surface area (Å²) in [6.07, 6.45) is 23.4. The van der Waals surface area contributed by atoms with Crippen molar-refractivity contribution in [1.82, 2.24) is 0 Å². The summed E-state index contributed by atoms with van der Waals surface area (Å²) < 4.78 is 1.00. The summed E-state index contributed by atoms with van der Waals surface area (Å²) in [5.41, 5.74) is 0. The number of rotatable bonds is 13. The lowest BCUT2D eigenvalue weighted by Crippen LogP contribution is -2.27. The van der Waals surface area contributed by atoms with Crippen molar-refractivity contribution in [2.24, 2.45) is 0 Å². The van der Waals surface area contributed by atoms with Crippen LogP contribution >= 0.6 is 0 Å². The molecule has 0 amide bonds. The number of nitrogens with zero attached hydrogens (tertiary/aromatic N) is 1. The summed E-state index contributed by atoms with van der Waals surface area (Å²) in [4.78, 5) is 10.3. The van der Waals surface area contributed by atoms with Gasteiger partial charge in [-0.1, -0.05) is 62.6 Å². The standard InChI is InChI=1S/C18H30O2.C4H12N/c1-2-3-4-5-6-7-8-9-10-11-12-13-14-15-16-17-18(19)20;1-5(2,3)4/h3-4,6-7,9-10H,2,5,8,11-17H2,1H3,(H,19,20);1-4H3/q;+1/b4-3-,7-6-,10-9-;. The van der Waals surface area contributed by atoms with Crippen molar-refractivity contribution in [1.29, 1.82) is 0 Å². The third-order valence-electron chi connectivity index (χ3n) is 3.04. The first-order valence-corrected chi connectivity index (χ1v) is 9.73. The second-order valence-corrected chi connectivity index (χ2v) is 7.68. The van der Waals surface area contributed by atoms with Crippen LogP contribution in [-0.2, 0) is 4.79 Å². The van der Waals surface area contributed by atoms with Gasteiger partial charge in [0.05, 0.1) is 28.2 Å². The summed E-state index contributed by atoms with van der Waals surface area (Å²) in [5, 5.41) is 8.50. The number of unbranched alkanes of at least 4 members (excludes halogenated alkanes) is 5. The molecule has 0 rings (SSSR count). The van der Waals surface area contributed by atoms with Gasteiger partial charge in [-0.15, -0.1) is 0 Å². The predicted molar refractivity (Wildman–Crippen MR) is 111 cm³/mol. The second kappa shape index (κ2) is 19.0. The van der Waals surface area contributed by atoms with Gasteiger partial charge in [-0.05, 0) is 38.5 Å². The summed E-state index contributed by atoms with van der Waals surface area (Å²) in [6.45, 7) is 2.15. The van der Waals surface area contributed by atoms with Gasteiger partial charge in [0.25, 0.3) is 0 Å². The Morgan fingerprint density at radius 2 is 1.20 bits per heavy atom. The second-order valence-electron chi connectivity index (χ2n) is 7.68. The van der Waals surface area contributed by atoms with Gasteiger partial charge in [-0.25, -0.2) is 0 Å². The van der Waals surface area contributed by atoms with Gasteiger partial charge in [0.2, 0.25) is 0 Å². The molecule has 0 aliphatic heterocycles. The van der Waals surface area contributed by atoms with Crippen LogP contribution < -0.4 is 0 Å². The predicted octanol–water partition coefficient (Wildman–Crippen LogP) is 5.98. The molecule has 0 spiro atoms. The normalized spacial score (nSPS) is 12.0. The molecule has 0 aliphatic carbocycles. The average Bonchev–Trinajstić information content (AvgIpc) is 2.49. The van der Waals surface area contributed by atoms with E-state index in [9.17, 15) is 4.79 Å². The van der Waals surface area contributed by atoms with Crippen molar-refractivity contribution in [3.8, 4) is 0 Å². The van der Waals surface area contributed by atoms with E-state index in [1.165, 1.54) is 12.8 Å². The monoisotopic (exact) mass is 352 g/mol. The molecule has 0 atom stereocenters. The maximum Gasteiger partial charge on any atom is 0.303 e. The molecule has 0 unspecified atom stereocenters. The minimum absolute atomic E-state index is 0.319. The molecule has 0 aromatic carbocycles. The topological polar surface area (TPSA) is 37.3 Å². The minimum Gasteiger partial charge on any atom is -0.481 e. The Bertz CT molecular complexity index is 370. The van der Waals surface area contributed by atoms with E-state index in [1.807, 2.05) is 0 Å². The fourth-order valence-corrected chi connectivity index (χ4v) is 1.90. The molecule has 0 fully saturated rings. The largest absolute Gasteiger partial charge is 0.481 e. The van der Waals surface area contributed by atoms with Gasteiger partial charge in [0.15, 0.2) is 0 Å². The van der Waals surface area contributed by atoms with E-state index in [1.54, 1.807) is 0 Å². The van der Waals surface area contributed by atoms with Gasteiger partial charge >= 0.3 is 5.97 Å². The number of hydrogen-bond donors (Lipinski definition) is 1. The van der Waals surface area contributed by atoms with Crippen molar-refractivity contribution in [3.05, 3.63) is 36.5 Å². The first-order chi connectivity index (χ1) is 11.8. The first kappa shape index (κ1) is 25.9. The molecule has 0 aliphatic rings. The number of carboxylic acid groups (broad SMARTS) is 1. The highest BCUT2D eigenvalue weighted by atomic mass is 16.4. The maximum atomic E-state index is 10.3. The summed E-state index contributed by atoms with van der Waals surface area (Å²) in [6, 6.07) is 0. The van der Waals surface area contributed by atoms with E-state index in [4.69, 9.17) is 5.11 Å². The number of aliphatic carboxylic acids is 1. The molecule has 0 saturated heterocycles. The van der Waals surface area contributed by atoms with Gasteiger partial charge in [-0.2, -0.15) is 0 Å². The van der Waals surface area contributed by atoms with Crippen LogP contribution in [0.4, 0.5) is 0 Å². The van der Waals surface area contributed by atoms with E-state index >= 15 is 0 Å². The van der Waals surface area contributed by atoms with Crippen molar-refractivity contribution in [3.63, 3.8) is 0 Å². The molecule has 0 heterocycles. The Hall–Kier alpha value is -1.35. The fraction of sp³-hybridized carbons (Fsp3) is 0.682. The van der Waals surface area contributed by atoms with Crippen molar-refractivity contribution >= 4 is 5.97 Å². The molecule has 1 N–H and O–H groups in total. The number of carbonyl (C=O) groups is 1. The zero-order chi connectivity index (χ0) is 19.4. The summed E-state index contributed by atoms with van der Waals surface area (Å²) in [5.74, 6) is -0.675. The molecule has 0 bridgehead atoms. The SMILES string of the molecule is CC/C=C\C/C=C\C/C=C\CCCCCCCC(=O)O.C[N+](C)(C)C. The molecule has 0 aromatic rings. The third kappa shape index (κ3) is 39.4. The van der Waals surface area contributed by atoms with Crippen molar-refractivity contribution in [2.45, 2.75) is 71.1 Å². The van der Waals surface area contributed by atoms with Crippen LogP contribution in [0.25, 0.3) is 0 Å². The average molecular weight is 353 g/mol. The molecular weight excluding hydrogens is 310 g/mol. The number of allylic oxidation sites excluding steroid dienone is 6. The number of hydrogen-bond acceptors (Lipinski definition) is 1. The van der Waals surface area contributed by atoms with Crippen LogP contribution in [0.15, 0.2) is 36.5 Å². The Kier molecular flexibility index (Phi) is 19.7. The Balaban J connectivity index is 0. The molecule has 0 saturated carbocycles. The quantitative estimate of drug-likeness (QED) is 0.251. The highest BCUT2D eigenvalue weighted by Gasteiger charge is 1.95. The molecule has 0 radical (unpaired) electrons. The molecule has 3 heteroatoms. The zero-order valence-electron chi connectivity index (χ0n) is 17.3. The van der Waals surface area contributed by atoms with Crippen LogP contribution in [0.2, 0.25) is 0 Å². The lowest BCUT2D eigenvalue weighted by molar-refractivity contribution is -0.849. The Morgan fingerprint density at radius 1 is 0.760 bits per heavy atom. The molecule has 25 heavy (non-hydrogen) atoms. The van der Waals surface area contributed by atoms with Crippen LogP contribution in [-0.4, -0.2) is 43.7 Å². The highest BCUT2D eigenvalue weighted by Crippen LogP contribution is 2.07. The summed E-state index contributed by atoms with van der Waals surface area (Å²) in [7, 11) is 8.50. The maximum absolute atomic E-state index is 10.3. The van der Waals surface area contributed by atoms with Gasteiger partial charge in [0, 0.05) is 6.42 Å². The Labute approximate surface area is 156 Å². The van der Waals surface area contributed by atoms with Gasteiger partial charge in [0.1, 0.15) is 0 Å². The van der Waals surface area contributed by atoms with E-state index < -0.39 is 5.97 Å². The highest BCUT2D eigenvalue weighted by molar-refractivity contribution is 5.66. The summed E-state index contributed by atoms with van der Waals surface area (Å²) >= 11 is 0. The lowest BCUT2D eigenvalue weighted by atomic mass is 10.1. The fourth-order valence-electron chi connectivity index (χ4n) is 1.90. The van der Waals surface area contributed by atoms with Gasteiger partial charge < -0.3 is 9.59 Å². The van der Waals surface area contributed by atoms with E-state index in [0.29, 0.717) is 6.42 Å². The van der Waals surface area contributed by atoms with E-state index in [-0.39, 0.29) is 0 Å². The smallest absolute Gasteiger partial charge is 0.303 e. The zero-order valence-corrected chi connectivity index (χ0v) is 17.3. The van der Waals surface area contributed by atoms with Crippen LogP contribution in [0.1, 0.15) is 71.1 Å². The van der Waals surface area contributed by atoms with Crippen molar-refractivity contribution in [2.75, 3.05) is 28.2 Å². The van der Waals surface area contributed by atoms with Crippen molar-refractivity contribution < 1.29 is 14.4 Å². The minimum atomic E-state index is -0.675. The molecule has 146 valence electrons. The lowest BCUT2D eigenvalue weighted by Gasteiger charge is -2.14. The number of quaternary nitrogens is 1. The molecular formula is C22H42NO2+. The van der Waals surface area contributed by atoms with E-state index in [2.05, 4.69) is 71.6 Å². The van der Waals surface area contributed by atoms with Crippen LogP contribution in [0, 0.1) is 0 Å². The van der Waals surface area contributed by atoms with Gasteiger partial charge in [-0.3, -0.25) is 4.79 Å².